The molecule has 6 bridgehead atoms. The van der Waals surface area contributed by atoms with Crippen LogP contribution in [0.3, 0.4) is 0 Å². The summed E-state index contributed by atoms with van der Waals surface area (Å²) in [4.78, 5) is 50.6. The normalized spacial score (nSPS) is 23.3. The Labute approximate surface area is 301 Å². The number of carbonyl (C=O) groups is 3. The van der Waals surface area contributed by atoms with Crippen molar-refractivity contribution in [1.29, 1.82) is 0 Å². The number of methoxy groups -OCH3 is 1. The number of esters is 1. The molecule has 5 heterocycles. The summed E-state index contributed by atoms with van der Waals surface area (Å²) in [6, 6.07) is 8.76. The lowest BCUT2D eigenvalue weighted by Gasteiger charge is -2.42. The van der Waals surface area contributed by atoms with Crippen LogP contribution in [0.2, 0.25) is 0 Å². The maximum Gasteiger partial charge on any atom is 0.408 e. The van der Waals surface area contributed by atoms with E-state index in [1.54, 1.807) is 34.1 Å². The summed E-state index contributed by atoms with van der Waals surface area (Å²) in [6.07, 6.45) is 1.94. The van der Waals surface area contributed by atoms with E-state index in [4.69, 9.17) is 24.2 Å². The lowest BCUT2D eigenvalue weighted by molar-refractivity contribution is -0.156. The highest BCUT2D eigenvalue weighted by Gasteiger charge is 2.47. The Morgan fingerprint density at radius 2 is 2.02 bits per heavy atom. The van der Waals surface area contributed by atoms with E-state index in [1.807, 2.05) is 11.4 Å². The first kappa shape index (κ1) is 35.1. The lowest BCUT2D eigenvalue weighted by atomic mass is 9.67. The van der Waals surface area contributed by atoms with E-state index < -0.39 is 41.3 Å². The highest BCUT2D eigenvalue weighted by molar-refractivity contribution is 7.10. The molecular formula is C38H46N6O6S. The molecule has 7 rings (SSSR count). The molecule has 1 saturated heterocycles. The zero-order valence-electron chi connectivity index (χ0n) is 30.2. The minimum absolute atomic E-state index is 0.112. The number of amides is 2. The van der Waals surface area contributed by atoms with E-state index in [-0.39, 0.29) is 24.9 Å². The minimum Gasteiger partial charge on any atom is -0.464 e. The molecular weight excluding hydrogens is 669 g/mol. The van der Waals surface area contributed by atoms with Crippen molar-refractivity contribution in [2.45, 2.75) is 97.1 Å². The molecule has 51 heavy (non-hydrogen) atoms. The second-order valence-electron chi connectivity index (χ2n) is 15.2. The number of aromatic nitrogens is 3. The fraction of sp³-hybridized carbons (Fsp3) is 0.500. The number of thiazole rings is 1. The predicted molar refractivity (Wildman–Crippen MR) is 194 cm³/mol. The molecule has 270 valence electrons. The molecule has 3 aromatic heterocycles. The van der Waals surface area contributed by atoms with Gasteiger partial charge in [0, 0.05) is 71.6 Å². The summed E-state index contributed by atoms with van der Waals surface area (Å²) in [5, 5.41) is 7.94. The third kappa shape index (κ3) is 6.51. The van der Waals surface area contributed by atoms with Crippen LogP contribution in [0.5, 0.6) is 0 Å². The van der Waals surface area contributed by atoms with Crippen molar-refractivity contribution in [2.75, 3.05) is 20.3 Å². The summed E-state index contributed by atoms with van der Waals surface area (Å²) < 4.78 is 20.3. The van der Waals surface area contributed by atoms with Gasteiger partial charge in [-0.3, -0.25) is 19.6 Å². The lowest BCUT2D eigenvalue weighted by Crippen LogP contribution is -2.60. The van der Waals surface area contributed by atoms with E-state index in [2.05, 4.69) is 60.3 Å². The third-order valence-electron chi connectivity index (χ3n) is 10.0. The number of rotatable bonds is 3. The van der Waals surface area contributed by atoms with Crippen LogP contribution in [0, 0.1) is 5.41 Å². The van der Waals surface area contributed by atoms with Crippen LogP contribution < -0.4 is 10.7 Å². The molecule has 4 aromatic rings. The van der Waals surface area contributed by atoms with Gasteiger partial charge in [0.15, 0.2) is 0 Å². The average molecular weight is 715 g/mol. The Balaban J connectivity index is 1.39. The monoisotopic (exact) mass is 714 g/mol. The number of aryl methyl sites for hydroxylation is 1. The van der Waals surface area contributed by atoms with Crippen LogP contribution in [0.4, 0.5) is 4.79 Å². The van der Waals surface area contributed by atoms with E-state index in [0.29, 0.717) is 24.4 Å². The van der Waals surface area contributed by atoms with Crippen LogP contribution in [0.1, 0.15) is 82.7 Å². The first-order valence-corrected chi connectivity index (χ1v) is 18.5. The van der Waals surface area contributed by atoms with Gasteiger partial charge < -0.3 is 24.1 Å². The number of alkyl carbamates (subject to hydrolysis) is 1. The SMILES string of the molecule is CCn1c2c3c4cc(ccc41)-c1csc(n1)C[C@H](NC(=O)OC(C)(C)C)C(=O)N1CCC[C@H](N1)C(=O)OCC(C)(C)C3[C@H](OC)c1ncccc1-2. The largest absolute Gasteiger partial charge is 0.464 e. The molecule has 1 unspecified atom stereocenters. The summed E-state index contributed by atoms with van der Waals surface area (Å²) in [6.45, 7) is 12.9. The molecule has 1 fully saturated rings. The van der Waals surface area contributed by atoms with Gasteiger partial charge in [-0.2, -0.15) is 0 Å². The van der Waals surface area contributed by atoms with E-state index in [0.717, 1.165) is 51.2 Å². The number of benzene rings is 1. The van der Waals surface area contributed by atoms with Gasteiger partial charge in [-0.25, -0.2) is 15.2 Å². The predicted octanol–water partition coefficient (Wildman–Crippen LogP) is 6.15. The van der Waals surface area contributed by atoms with Crippen molar-refractivity contribution in [3.05, 3.63) is 58.2 Å². The van der Waals surface area contributed by atoms with Crippen molar-refractivity contribution in [1.82, 2.24) is 30.3 Å². The number of cyclic esters (lactones) is 1. The van der Waals surface area contributed by atoms with Crippen molar-refractivity contribution in [3.8, 4) is 22.5 Å². The number of fused-ring (bicyclic) bond motifs is 8. The number of hydrogen-bond donors (Lipinski definition) is 2. The Morgan fingerprint density at radius 1 is 1.22 bits per heavy atom. The van der Waals surface area contributed by atoms with Crippen LogP contribution in [0.15, 0.2) is 41.9 Å². The molecule has 2 amide bonds. The maximum absolute atomic E-state index is 14.0. The topological polar surface area (TPSA) is 137 Å². The Kier molecular flexibility index (Phi) is 9.17. The van der Waals surface area contributed by atoms with Gasteiger partial charge in [0.05, 0.1) is 28.7 Å². The van der Waals surface area contributed by atoms with Crippen molar-refractivity contribution in [2.24, 2.45) is 5.41 Å². The molecule has 1 aromatic carbocycles. The molecule has 3 aliphatic rings. The molecule has 0 spiro atoms. The molecule has 13 heteroatoms. The third-order valence-corrected chi connectivity index (χ3v) is 10.9. The first-order valence-electron chi connectivity index (χ1n) is 17.6. The van der Waals surface area contributed by atoms with Crippen LogP contribution in [-0.4, -0.2) is 75.5 Å². The van der Waals surface area contributed by atoms with Gasteiger partial charge in [-0.05, 0) is 70.4 Å². The summed E-state index contributed by atoms with van der Waals surface area (Å²) in [5.74, 6) is -1.04. The Bertz CT molecular complexity index is 2000. The maximum atomic E-state index is 14.0. The van der Waals surface area contributed by atoms with Crippen LogP contribution in [-0.2, 0) is 36.8 Å². The minimum atomic E-state index is -0.979. The quantitative estimate of drug-likeness (QED) is 0.240. The number of nitrogens with zero attached hydrogens (tertiary/aromatic N) is 4. The van der Waals surface area contributed by atoms with Gasteiger partial charge in [0.1, 0.15) is 23.8 Å². The van der Waals surface area contributed by atoms with E-state index >= 15 is 0 Å². The highest BCUT2D eigenvalue weighted by Crippen LogP contribution is 2.57. The molecule has 12 nitrogen and oxygen atoms in total. The fourth-order valence-electron chi connectivity index (χ4n) is 7.79. The van der Waals surface area contributed by atoms with Crippen molar-refractivity contribution >= 4 is 40.2 Å². The van der Waals surface area contributed by atoms with Gasteiger partial charge >= 0.3 is 12.1 Å². The average Bonchev–Trinajstić information content (AvgIpc) is 3.70. The molecule has 4 atom stereocenters. The number of ether oxygens (including phenoxy) is 3. The molecule has 1 aliphatic carbocycles. The fourth-order valence-corrected chi connectivity index (χ4v) is 8.64. The first-order chi connectivity index (χ1) is 24.3. The van der Waals surface area contributed by atoms with Crippen molar-refractivity contribution in [3.63, 3.8) is 0 Å². The zero-order valence-corrected chi connectivity index (χ0v) is 31.1. The second-order valence-corrected chi connectivity index (χ2v) is 16.2. The molecule has 2 aliphatic heterocycles. The van der Waals surface area contributed by atoms with E-state index in [9.17, 15) is 14.4 Å². The highest BCUT2D eigenvalue weighted by atomic mass is 32.1. The van der Waals surface area contributed by atoms with E-state index in [1.165, 1.54) is 16.3 Å². The van der Waals surface area contributed by atoms with Gasteiger partial charge in [-0.15, -0.1) is 11.3 Å². The number of pyridine rings is 1. The number of nitrogens with one attached hydrogen (secondary N) is 2. The summed E-state index contributed by atoms with van der Waals surface area (Å²) >= 11 is 1.43. The number of hydrogen-bond acceptors (Lipinski definition) is 10. The Hall–Kier alpha value is -4.33. The smallest absolute Gasteiger partial charge is 0.408 e. The molecule has 0 saturated carbocycles. The van der Waals surface area contributed by atoms with Crippen molar-refractivity contribution < 1.29 is 28.6 Å². The van der Waals surface area contributed by atoms with Gasteiger partial charge in [-0.1, -0.05) is 19.9 Å². The van der Waals surface area contributed by atoms with Crippen LogP contribution in [0.25, 0.3) is 33.4 Å². The van der Waals surface area contributed by atoms with Crippen LogP contribution >= 0.6 is 11.3 Å². The standard InChI is InChI=1S/C38H46N6O6S/c1-8-43-27-14-13-21-17-23(27)29-30(33(48-7)31-22(32(29)43)11-9-15-39-31)38(5,6)20-49-35(46)24-12-10-16-44(42-24)34(45)25(18-28-40-26(21)19-51-28)41-36(47)50-37(2,3)4/h9,11,13-15,17,19,24-25,30,33,42H,8,10,12,16,18,20H2,1-7H3,(H,41,47)/t24-,25-,30?,33-/m0/s1. The molecule has 2 N–H and O–H groups in total. The summed E-state index contributed by atoms with van der Waals surface area (Å²) in [7, 11) is 1.71. The zero-order chi connectivity index (χ0) is 36.2. The molecule has 0 radical (unpaired) electrons. The van der Waals surface area contributed by atoms with Gasteiger partial charge in [0.2, 0.25) is 0 Å². The number of carbonyl (C=O) groups excluding carboxylic acids is 3. The second kappa shape index (κ2) is 13.3. The Morgan fingerprint density at radius 3 is 2.76 bits per heavy atom. The number of hydrazine groups is 1. The van der Waals surface area contributed by atoms with Gasteiger partial charge in [0.25, 0.3) is 5.91 Å². The summed E-state index contributed by atoms with van der Waals surface area (Å²) in [5.41, 5.74) is 8.66.